The average Bonchev–Trinajstić information content (AvgIpc) is 2.25. The van der Waals surface area contributed by atoms with Crippen LogP contribution in [0.15, 0.2) is 0 Å². The largest absolute Gasteiger partial charge is 0.305 e. The molecule has 0 bridgehead atoms. The lowest BCUT2D eigenvalue weighted by Crippen LogP contribution is -2.73. The second-order valence-electron chi connectivity index (χ2n) is 7.14. The van der Waals surface area contributed by atoms with Crippen LogP contribution in [0.2, 0.25) is 0 Å². The van der Waals surface area contributed by atoms with E-state index < -0.39 is 0 Å². The highest BCUT2D eigenvalue weighted by molar-refractivity contribution is 5.06. The highest BCUT2D eigenvalue weighted by atomic mass is 15.3. The van der Waals surface area contributed by atoms with Gasteiger partial charge in [0.05, 0.1) is 0 Å². The number of likely N-dealkylation sites (tertiary alicyclic amines) is 3. The molecule has 0 aromatic carbocycles. The average molecular weight is 251 g/mol. The topological polar surface area (TPSA) is 9.72 Å². The zero-order valence-electron chi connectivity index (χ0n) is 12.4. The summed E-state index contributed by atoms with van der Waals surface area (Å²) in [6.45, 7) is 12.8. The molecular weight excluding hydrogens is 222 g/mol. The summed E-state index contributed by atoms with van der Waals surface area (Å²) < 4.78 is 0. The Morgan fingerprint density at radius 2 is 1.89 bits per heavy atom. The van der Waals surface area contributed by atoms with Gasteiger partial charge in [0.15, 0.2) is 0 Å². The van der Waals surface area contributed by atoms with E-state index in [0.29, 0.717) is 5.41 Å². The van der Waals surface area contributed by atoms with E-state index in [0.717, 1.165) is 12.1 Å². The van der Waals surface area contributed by atoms with Gasteiger partial charge in [-0.25, -0.2) is 0 Å². The van der Waals surface area contributed by atoms with Crippen LogP contribution >= 0.6 is 0 Å². The first-order chi connectivity index (χ1) is 8.62. The molecule has 3 aliphatic rings. The minimum absolute atomic E-state index is 0.707. The second kappa shape index (κ2) is 4.77. The first kappa shape index (κ1) is 12.9. The molecule has 0 saturated carbocycles. The Hall–Kier alpha value is -0.120. The van der Waals surface area contributed by atoms with Crippen molar-refractivity contribution < 1.29 is 0 Å². The van der Waals surface area contributed by atoms with E-state index >= 15 is 0 Å². The Kier molecular flexibility index (Phi) is 3.41. The van der Waals surface area contributed by atoms with Gasteiger partial charge >= 0.3 is 0 Å². The number of piperidine rings is 1. The number of rotatable bonds is 3. The van der Waals surface area contributed by atoms with E-state index in [2.05, 4.69) is 35.6 Å². The Balaban J connectivity index is 1.46. The maximum Gasteiger partial charge on any atom is 0.0212 e. The highest BCUT2D eigenvalue weighted by Gasteiger charge is 2.52. The first-order valence-electron chi connectivity index (χ1n) is 7.78. The van der Waals surface area contributed by atoms with Crippen LogP contribution in [0.25, 0.3) is 0 Å². The van der Waals surface area contributed by atoms with E-state index in [1.165, 1.54) is 58.5 Å². The van der Waals surface area contributed by atoms with Gasteiger partial charge in [0.2, 0.25) is 0 Å². The van der Waals surface area contributed by atoms with Crippen LogP contribution in [-0.2, 0) is 0 Å². The molecule has 3 fully saturated rings. The van der Waals surface area contributed by atoms with Gasteiger partial charge in [0.25, 0.3) is 0 Å². The fraction of sp³-hybridized carbons (Fsp3) is 1.00. The molecule has 104 valence electrons. The van der Waals surface area contributed by atoms with E-state index in [4.69, 9.17) is 0 Å². The quantitative estimate of drug-likeness (QED) is 0.752. The molecule has 3 heterocycles. The standard InChI is InChI=1S/C15H29N3/c1-4-6-17-7-5-14(8-13(17)2)18-11-15(12-18)9-16(3)10-15/h13-14H,4-12H2,1-3H3/t13-,14?/m1/s1. The third-order valence-corrected chi connectivity index (χ3v) is 5.30. The van der Waals surface area contributed by atoms with Gasteiger partial charge in [-0.3, -0.25) is 4.90 Å². The van der Waals surface area contributed by atoms with Crippen molar-refractivity contribution in [1.29, 1.82) is 0 Å². The zero-order valence-corrected chi connectivity index (χ0v) is 12.4. The maximum atomic E-state index is 2.77. The molecule has 0 aliphatic carbocycles. The smallest absolute Gasteiger partial charge is 0.0212 e. The summed E-state index contributed by atoms with van der Waals surface area (Å²) in [4.78, 5) is 7.92. The van der Waals surface area contributed by atoms with Crippen molar-refractivity contribution in [1.82, 2.24) is 14.7 Å². The highest BCUT2D eigenvalue weighted by Crippen LogP contribution is 2.41. The van der Waals surface area contributed by atoms with Crippen LogP contribution in [0.1, 0.15) is 33.1 Å². The van der Waals surface area contributed by atoms with Crippen LogP contribution in [0, 0.1) is 5.41 Å². The molecule has 3 nitrogen and oxygen atoms in total. The van der Waals surface area contributed by atoms with Crippen molar-refractivity contribution in [2.45, 2.75) is 45.2 Å². The minimum Gasteiger partial charge on any atom is -0.305 e. The van der Waals surface area contributed by atoms with Crippen LogP contribution in [0.3, 0.4) is 0 Å². The van der Waals surface area contributed by atoms with Gasteiger partial charge in [0, 0.05) is 43.7 Å². The molecule has 0 aromatic heterocycles. The van der Waals surface area contributed by atoms with Gasteiger partial charge in [-0.15, -0.1) is 0 Å². The molecule has 3 heteroatoms. The molecule has 2 atom stereocenters. The number of hydrogen-bond acceptors (Lipinski definition) is 3. The molecular formula is C15H29N3. The van der Waals surface area contributed by atoms with Crippen LogP contribution in [0.4, 0.5) is 0 Å². The monoisotopic (exact) mass is 251 g/mol. The maximum absolute atomic E-state index is 2.77. The molecule has 0 aromatic rings. The summed E-state index contributed by atoms with van der Waals surface area (Å²) in [7, 11) is 2.25. The second-order valence-corrected chi connectivity index (χ2v) is 7.14. The number of hydrogen-bond donors (Lipinski definition) is 0. The minimum atomic E-state index is 0.707. The van der Waals surface area contributed by atoms with E-state index in [-0.39, 0.29) is 0 Å². The summed E-state index contributed by atoms with van der Waals surface area (Å²) in [5.74, 6) is 0. The fourth-order valence-corrected chi connectivity index (χ4v) is 4.52. The van der Waals surface area contributed by atoms with Crippen molar-refractivity contribution in [2.75, 3.05) is 46.3 Å². The Morgan fingerprint density at radius 3 is 2.44 bits per heavy atom. The summed E-state index contributed by atoms with van der Waals surface area (Å²) in [5, 5.41) is 0. The van der Waals surface area contributed by atoms with Gasteiger partial charge < -0.3 is 9.80 Å². The van der Waals surface area contributed by atoms with Crippen molar-refractivity contribution >= 4 is 0 Å². The van der Waals surface area contributed by atoms with Gasteiger partial charge in [-0.05, 0) is 46.3 Å². The predicted molar refractivity (Wildman–Crippen MR) is 75.9 cm³/mol. The first-order valence-corrected chi connectivity index (χ1v) is 7.78. The van der Waals surface area contributed by atoms with Gasteiger partial charge in [-0.2, -0.15) is 0 Å². The van der Waals surface area contributed by atoms with E-state index in [1.54, 1.807) is 0 Å². The Labute approximate surface area is 112 Å². The van der Waals surface area contributed by atoms with Gasteiger partial charge in [0.1, 0.15) is 0 Å². The molecule has 0 radical (unpaired) electrons. The van der Waals surface area contributed by atoms with Crippen molar-refractivity contribution in [3.63, 3.8) is 0 Å². The van der Waals surface area contributed by atoms with Crippen LogP contribution in [-0.4, -0.2) is 73.1 Å². The SMILES string of the molecule is CCCN1CCC(N2CC3(CN(C)C3)C2)C[C@H]1C. The number of nitrogens with zero attached hydrogens (tertiary/aromatic N) is 3. The van der Waals surface area contributed by atoms with E-state index in [9.17, 15) is 0 Å². The van der Waals surface area contributed by atoms with Crippen molar-refractivity contribution in [3.8, 4) is 0 Å². The van der Waals surface area contributed by atoms with Crippen LogP contribution in [0.5, 0.6) is 0 Å². The van der Waals surface area contributed by atoms with Crippen molar-refractivity contribution in [3.05, 3.63) is 0 Å². The summed E-state index contributed by atoms with van der Waals surface area (Å²) >= 11 is 0. The zero-order chi connectivity index (χ0) is 12.8. The lowest BCUT2D eigenvalue weighted by Gasteiger charge is -2.62. The molecule has 3 aliphatic heterocycles. The fourth-order valence-electron chi connectivity index (χ4n) is 4.52. The molecule has 18 heavy (non-hydrogen) atoms. The Bertz CT molecular complexity index is 290. The molecule has 0 N–H and O–H groups in total. The lowest BCUT2D eigenvalue weighted by atomic mass is 9.71. The molecule has 3 rings (SSSR count). The molecule has 3 saturated heterocycles. The predicted octanol–water partition coefficient (Wildman–Crippen LogP) is 1.50. The van der Waals surface area contributed by atoms with Crippen molar-refractivity contribution in [2.24, 2.45) is 5.41 Å². The van der Waals surface area contributed by atoms with E-state index in [1.807, 2.05) is 0 Å². The lowest BCUT2D eigenvalue weighted by molar-refractivity contribution is -0.130. The third-order valence-electron chi connectivity index (χ3n) is 5.30. The summed E-state index contributed by atoms with van der Waals surface area (Å²) in [6.07, 6.45) is 4.09. The normalized spacial score (nSPS) is 37.5. The van der Waals surface area contributed by atoms with Gasteiger partial charge in [-0.1, -0.05) is 6.92 Å². The summed E-state index contributed by atoms with van der Waals surface area (Å²) in [6, 6.07) is 1.67. The molecule has 0 amide bonds. The Morgan fingerprint density at radius 1 is 1.17 bits per heavy atom. The summed E-state index contributed by atoms with van der Waals surface area (Å²) in [5.41, 5.74) is 0.707. The third kappa shape index (κ3) is 2.21. The molecule has 1 spiro atoms. The molecule has 1 unspecified atom stereocenters. The van der Waals surface area contributed by atoms with Crippen LogP contribution < -0.4 is 0 Å².